The first-order valence-electron chi connectivity index (χ1n) is 4.00. The van der Waals surface area contributed by atoms with E-state index in [1.54, 1.807) is 11.8 Å². The van der Waals surface area contributed by atoms with E-state index in [9.17, 15) is 0 Å². The summed E-state index contributed by atoms with van der Waals surface area (Å²) in [6.07, 6.45) is 0. The van der Waals surface area contributed by atoms with Crippen LogP contribution >= 0.6 is 11.8 Å². The number of rotatable bonds is 4. The van der Waals surface area contributed by atoms with Gasteiger partial charge in [-0.15, -0.1) is 10.2 Å². The van der Waals surface area contributed by atoms with Gasteiger partial charge in [-0.3, -0.25) is 0 Å². The van der Waals surface area contributed by atoms with Crippen LogP contribution in [-0.2, 0) is 7.05 Å². The van der Waals surface area contributed by atoms with Gasteiger partial charge in [-0.2, -0.15) is 0 Å². The smallest absolute Gasteiger partial charge is 0.191 e. The highest BCUT2D eigenvalue weighted by atomic mass is 32.2. The molecule has 0 amide bonds. The minimum Gasteiger partial charge on any atom is -0.327 e. The summed E-state index contributed by atoms with van der Waals surface area (Å²) in [6, 6.07) is 0. The first kappa shape index (κ1) is 10.3. The third kappa shape index (κ3) is 2.57. The van der Waals surface area contributed by atoms with Crippen molar-refractivity contribution in [3.05, 3.63) is 18.0 Å². The Kier molecular flexibility index (Phi) is 3.50. The average Bonchev–Trinajstić information content (AvgIpc) is 2.44. The zero-order valence-electron chi connectivity index (χ0n) is 7.95. The fraction of sp³-hybridized carbons (Fsp3) is 0.500. The van der Waals surface area contributed by atoms with Crippen LogP contribution < -0.4 is 5.73 Å². The van der Waals surface area contributed by atoms with E-state index < -0.39 is 0 Å². The van der Waals surface area contributed by atoms with E-state index in [0.717, 1.165) is 22.3 Å². The summed E-state index contributed by atoms with van der Waals surface area (Å²) in [5, 5.41) is 8.88. The SMILES string of the molecule is C=C(CN)CSc1nnc(C)n1C. The Morgan fingerprint density at radius 2 is 2.31 bits per heavy atom. The lowest BCUT2D eigenvalue weighted by Gasteiger charge is -2.01. The molecule has 13 heavy (non-hydrogen) atoms. The monoisotopic (exact) mass is 198 g/mol. The van der Waals surface area contributed by atoms with Gasteiger partial charge in [0.15, 0.2) is 5.16 Å². The van der Waals surface area contributed by atoms with Crippen molar-refractivity contribution in [3.63, 3.8) is 0 Å². The van der Waals surface area contributed by atoms with Crippen molar-refractivity contribution in [1.29, 1.82) is 0 Å². The highest BCUT2D eigenvalue weighted by molar-refractivity contribution is 7.99. The molecular formula is C8H14N4S. The van der Waals surface area contributed by atoms with Crippen molar-refractivity contribution in [2.45, 2.75) is 12.1 Å². The highest BCUT2D eigenvalue weighted by Gasteiger charge is 2.04. The van der Waals surface area contributed by atoms with Gasteiger partial charge in [0, 0.05) is 19.3 Å². The molecule has 2 N–H and O–H groups in total. The quantitative estimate of drug-likeness (QED) is 0.572. The summed E-state index contributed by atoms with van der Waals surface area (Å²) in [5.74, 6) is 1.73. The van der Waals surface area contributed by atoms with Crippen LogP contribution in [0.3, 0.4) is 0 Å². The summed E-state index contributed by atoms with van der Waals surface area (Å²) in [7, 11) is 1.95. The topological polar surface area (TPSA) is 56.7 Å². The van der Waals surface area contributed by atoms with E-state index in [4.69, 9.17) is 5.73 Å². The number of hydrogen-bond acceptors (Lipinski definition) is 4. The van der Waals surface area contributed by atoms with Crippen molar-refractivity contribution < 1.29 is 0 Å². The van der Waals surface area contributed by atoms with Gasteiger partial charge in [0.1, 0.15) is 5.82 Å². The van der Waals surface area contributed by atoms with E-state index in [-0.39, 0.29) is 0 Å². The fourth-order valence-corrected chi connectivity index (χ4v) is 1.61. The third-order valence-corrected chi connectivity index (χ3v) is 2.91. The zero-order chi connectivity index (χ0) is 9.84. The fourth-order valence-electron chi connectivity index (χ4n) is 0.739. The molecule has 0 aliphatic rings. The Hall–Kier alpha value is -0.810. The molecule has 4 nitrogen and oxygen atoms in total. The highest BCUT2D eigenvalue weighted by Crippen LogP contribution is 2.16. The first-order chi connectivity index (χ1) is 6.15. The maximum atomic E-state index is 5.42. The molecule has 0 fully saturated rings. The van der Waals surface area contributed by atoms with Gasteiger partial charge in [0.2, 0.25) is 0 Å². The molecule has 0 radical (unpaired) electrons. The summed E-state index contributed by atoms with van der Waals surface area (Å²) < 4.78 is 1.95. The number of aryl methyl sites for hydroxylation is 1. The van der Waals surface area contributed by atoms with E-state index in [1.165, 1.54) is 0 Å². The number of hydrogen-bond donors (Lipinski definition) is 1. The Morgan fingerprint density at radius 1 is 1.62 bits per heavy atom. The van der Waals surface area contributed by atoms with Gasteiger partial charge in [0.05, 0.1) is 0 Å². The van der Waals surface area contributed by atoms with Crippen LogP contribution in [-0.4, -0.2) is 27.1 Å². The van der Waals surface area contributed by atoms with Gasteiger partial charge in [-0.25, -0.2) is 0 Å². The lowest BCUT2D eigenvalue weighted by Crippen LogP contribution is -2.04. The minimum atomic E-state index is 0.532. The van der Waals surface area contributed by atoms with E-state index in [0.29, 0.717) is 6.54 Å². The van der Waals surface area contributed by atoms with Gasteiger partial charge in [-0.05, 0) is 6.92 Å². The van der Waals surface area contributed by atoms with Crippen molar-refractivity contribution in [3.8, 4) is 0 Å². The molecule has 1 aromatic heterocycles. The normalized spacial score (nSPS) is 10.4. The summed E-state index contributed by atoms with van der Waals surface area (Å²) in [5.41, 5.74) is 6.44. The molecule has 5 heteroatoms. The molecule has 1 aromatic rings. The molecule has 0 saturated carbocycles. The van der Waals surface area contributed by atoms with E-state index >= 15 is 0 Å². The van der Waals surface area contributed by atoms with Crippen molar-refractivity contribution >= 4 is 11.8 Å². The second-order valence-electron chi connectivity index (χ2n) is 2.83. The Morgan fingerprint density at radius 3 is 2.77 bits per heavy atom. The van der Waals surface area contributed by atoms with Crippen LogP contribution in [0.4, 0.5) is 0 Å². The second kappa shape index (κ2) is 4.43. The van der Waals surface area contributed by atoms with E-state index in [2.05, 4.69) is 16.8 Å². The lowest BCUT2D eigenvalue weighted by molar-refractivity contribution is 0.766. The molecule has 0 aliphatic heterocycles. The first-order valence-corrected chi connectivity index (χ1v) is 4.99. The molecule has 1 rings (SSSR count). The predicted octanol–water partition coefficient (Wildman–Crippen LogP) is 0.731. The summed E-state index contributed by atoms with van der Waals surface area (Å²) in [6.45, 7) is 6.28. The average molecular weight is 198 g/mol. The van der Waals surface area contributed by atoms with Crippen LogP contribution in [0, 0.1) is 6.92 Å². The maximum absolute atomic E-state index is 5.42. The molecular weight excluding hydrogens is 184 g/mol. The summed E-state index contributed by atoms with van der Waals surface area (Å²) >= 11 is 1.61. The largest absolute Gasteiger partial charge is 0.327 e. The molecule has 0 unspecified atom stereocenters. The Balaban J connectivity index is 2.55. The number of nitrogens with zero attached hydrogens (tertiary/aromatic N) is 3. The Bertz CT molecular complexity index is 305. The number of nitrogens with two attached hydrogens (primary N) is 1. The second-order valence-corrected chi connectivity index (χ2v) is 3.77. The zero-order valence-corrected chi connectivity index (χ0v) is 8.77. The molecule has 0 saturated heterocycles. The van der Waals surface area contributed by atoms with Crippen molar-refractivity contribution in [2.75, 3.05) is 12.3 Å². The molecule has 0 aromatic carbocycles. The van der Waals surface area contributed by atoms with Crippen molar-refractivity contribution in [1.82, 2.24) is 14.8 Å². The van der Waals surface area contributed by atoms with Crippen LogP contribution in [0.15, 0.2) is 17.3 Å². The predicted molar refractivity (Wildman–Crippen MR) is 54.7 cm³/mol. The molecule has 0 bridgehead atoms. The van der Waals surface area contributed by atoms with E-state index in [1.807, 2.05) is 18.5 Å². The molecule has 72 valence electrons. The Labute approximate surface area is 82.2 Å². The van der Waals surface area contributed by atoms with Gasteiger partial charge < -0.3 is 10.3 Å². The lowest BCUT2D eigenvalue weighted by atomic mass is 10.4. The molecule has 0 aliphatic carbocycles. The minimum absolute atomic E-state index is 0.532. The standard InChI is InChI=1S/C8H14N4S/c1-6(4-9)5-13-8-11-10-7(2)12(8)3/h1,4-5,9H2,2-3H3. The molecule has 0 spiro atoms. The molecule has 1 heterocycles. The van der Waals surface area contributed by atoms with Crippen molar-refractivity contribution in [2.24, 2.45) is 12.8 Å². The number of aromatic nitrogens is 3. The van der Waals surface area contributed by atoms with Gasteiger partial charge >= 0.3 is 0 Å². The number of thioether (sulfide) groups is 1. The van der Waals surface area contributed by atoms with Crippen LogP contribution in [0.2, 0.25) is 0 Å². The van der Waals surface area contributed by atoms with Crippen LogP contribution in [0.25, 0.3) is 0 Å². The van der Waals surface area contributed by atoms with Gasteiger partial charge in [-0.1, -0.05) is 23.9 Å². The molecule has 0 atom stereocenters. The van der Waals surface area contributed by atoms with Crippen LogP contribution in [0.5, 0.6) is 0 Å². The third-order valence-electron chi connectivity index (χ3n) is 1.75. The maximum Gasteiger partial charge on any atom is 0.191 e. The van der Waals surface area contributed by atoms with Gasteiger partial charge in [0.25, 0.3) is 0 Å². The summed E-state index contributed by atoms with van der Waals surface area (Å²) in [4.78, 5) is 0. The van der Waals surface area contributed by atoms with Crippen LogP contribution in [0.1, 0.15) is 5.82 Å².